The SMILES string of the molecule is O=S(=O)([O-])CCC[n+]1ccc(-c2cnc(Cl)cn2)cn1. The maximum Gasteiger partial charge on any atom is 0.196 e. The molecule has 2 heterocycles. The van der Waals surface area contributed by atoms with E-state index in [1.807, 2.05) is 0 Å². The summed E-state index contributed by atoms with van der Waals surface area (Å²) < 4.78 is 33.0. The van der Waals surface area contributed by atoms with Gasteiger partial charge in [-0.25, -0.2) is 13.4 Å². The summed E-state index contributed by atoms with van der Waals surface area (Å²) in [7, 11) is -4.17. The molecule has 2 aromatic heterocycles. The highest BCUT2D eigenvalue weighted by molar-refractivity contribution is 7.85. The minimum Gasteiger partial charge on any atom is -0.748 e. The molecule has 0 bridgehead atoms. The number of aryl methyl sites for hydroxylation is 1. The van der Waals surface area contributed by atoms with Crippen LogP contribution in [0.25, 0.3) is 11.3 Å². The van der Waals surface area contributed by atoms with Crippen molar-refractivity contribution in [3.05, 3.63) is 36.0 Å². The van der Waals surface area contributed by atoms with E-state index in [0.717, 1.165) is 5.56 Å². The lowest BCUT2D eigenvalue weighted by Gasteiger charge is -2.03. The summed E-state index contributed by atoms with van der Waals surface area (Å²) in [5.74, 6) is -0.397. The summed E-state index contributed by atoms with van der Waals surface area (Å²) in [5.41, 5.74) is 1.40. The summed E-state index contributed by atoms with van der Waals surface area (Å²) in [6, 6.07) is 1.77. The quantitative estimate of drug-likeness (QED) is 0.585. The molecule has 0 N–H and O–H groups in total. The van der Waals surface area contributed by atoms with E-state index >= 15 is 0 Å². The predicted molar refractivity (Wildman–Crippen MR) is 69.6 cm³/mol. The van der Waals surface area contributed by atoms with Gasteiger partial charge in [0, 0.05) is 23.8 Å². The fraction of sp³-hybridized carbons (Fsp3) is 0.273. The Morgan fingerprint density at radius 1 is 1.25 bits per heavy atom. The Labute approximate surface area is 121 Å². The lowest BCUT2D eigenvalue weighted by molar-refractivity contribution is -0.753. The number of hydrogen-bond acceptors (Lipinski definition) is 6. The van der Waals surface area contributed by atoms with Gasteiger partial charge in [0.15, 0.2) is 12.7 Å². The highest BCUT2D eigenvalue weighted by Crippen LogP contribution is 2.13. The summed E-state index contributed by atoms with van der Waals surface area (Å²) >= 11 is 5.65. The first-order chi connectivity index (χ1) is 9.44. The van der Waals surface area contributed by atoms with Crippen molar-refractivity contribution < 1.29 is 17.7 Å². The van der Waals surface area contributed by atoms with Crippen molar-refractivity contribution in [2.24, 2.45) is 0 Å². The van der Waals surface area contributed by atoms with Crippen LogP contribution in [0.4, 0.5) is 0 Å². The topological polar surface area (TPSA) is 99.8 Å². The van der Waals surface area contributed by atoms with Gasteiger partial charge in [0.1, 0.15) is 11.3 Å². The number of nitrogens with zero attached hydrogens (tertiary/aromatic N) is 4. The average molecular weight is 315 g/mol. The van der Waals surface area contributed by atoms with Crippen LogP contribution in [0.5, 0.6) is 0 Å². The molecule has 0 amide bonds. The van der Waals surface area contributed by atoms with Gasteiger partial charge in [-0.05, 0) is 5.10 Å². The third-order valence-corrected chi connectivity index (χ3v) is 3.45. The molecule has 0 aliphatic carbocycles. The van der Waals surface area contributed by atoms with E-state index in [2.05, 4.69) is 15.1 Å². The van der Waals surface area contributed by atoms with Crippen LogP contribution < -0.4 is 4.68 Å². The third kappa shape index (κ3) is 4.48. The van der Waals surface area contributed by atoms with Crippen LogP contribution in [0.1, 0.15) is 6.42 Å². The Morgan fingerprint density at radius 3 is 2.60 bits per heavy atom. The molecule has 7 nitrogen and oxygen atoms in total. The van der Waals surface area contributed by atoms with Crippen LogP contribution in [0.2, 0.25) is 5.15 Å². The zero-order valence-corrected chi connectivity index (χ0v) is 11.9. The molecule has 0 aromatic carbocycles. The fourth-order valence-corrected chi connectivity index (χ4v) is 2.11. The normalized spacial score (nSPS) is 11.5. The van der Waals surface area contributed by atoms with Gasteiger partial charge in [0.05, 0.1) is 28.2 Å². The molecule has 20 heavy (non-hydrogen) atoms. The highest BCUT2D eigenvalue weighted by atomic mass is 35.5. The van der Waals surface area contributed by atoms with Crippen LogP contribution in [-0.4, -0.2) is 33.8 Å². The van der Waals surface area contributed by atoms with E-state index < -0.39 is 15.9 Å². The zero-order chi connectivity index (χ0) is 14.6. The Balaban J connectivity index is 2.01. The van der Waals surface area contributed by atoms with Gasteiger partial charge in [-0.1, -0.05) is 16.3 Å². The van der Waals surface area contributed by atoms with Crippen molar-refractivity contribution in [2.75, 3.05) is 5.75 Å². The van der Waals surface area contributed by atoms with Crippen molar-refractivity contribution in [3.8, 4) is 11.3 Å². The molecule has 0 unspecified atom stereocenters. The predicted octanol–water partition coefficient (Wildman–Crippen LogP) is 0.415. The molecule has 2 aromatic rings. The minimum atomic E-state index is -4.17. The van der Waals surface area contributed by atoms with Gasteiger partial charge < -0.3 is 4.55 Å². The molecule has 2 rings (SSSR count). The molecule has 0 aliphatic heterocycles. The Kier molecular flexibility index (Phi) is 4.58. The van der Waals surface area contributed by atoms with E-state index in [1.165, 1.54) is 12.4 Å². The second-order valence-electron chi connectivity index (χ2n) is 4.02. The Hall–Kier alpha value is -1.64. The van der Waals surface area contributed by atoms with Crippen LogP contribution in [0.15, 0.2) is 30.9 Å². The lowest BCUT2D eigenvalue weighted by Crippen LogP contribution is -2.38. The fourth-order valence-electron chi connectivity index (χ4n) is 1.53. The monoisotopic (exact) mass is 314 g/mol. The number of halogens is 1. The molecule has 0 saturated carbocycles. The van der Waals surface area contributed by atoms with Gasteiger partial charge in [-0.2, -0.15) is 0 Å². The summed E-state index contributed by atoms with van der Waals surface area (Å²) in [4.78, 5) is 8.03. The summed E-state index contributed by atoms with van der Waals surface area (Å²) in [5, 5.41) is 4.43. The van der Waals surface area contributed by atoms with Gasteiger partial charge >= 0.3 is 0 Å². The molecule has 0 fully saturated rings. The van der Waals surface area contributed by atoms with E-state index in [1.54, 1.807) is 23.1 Å². The summed E-state index contributed by atoms with van der Waals surface area (Å²) in [6.07, 6.45) is 6.47. The zero-order valence-electron chi connectivity index (χ0n) is 10.3. The second-order valence-corrected chi connectivity index (χ2v) is 5.93. The maximum atomic E-state index is 10.5. The molecule has 0 aliphatic rings. The summed E-state index contributed by atoms with van der Waals surface area (Å²) in [6.45, 7) is 0.355. The number of rotatable bonds is 5. The molecule has 0 radical (unpaired) electrons. The van der Waals surface area contributed by atoms with Crippen molar-refractivity contribution in [1.82, 2.24) is 15.1 Å². The van der Waals surface area contributed by atoms with Crippen LogP contribution in [0.3, 0.4) is 0 Å². The van der Waals surface area contributed by atoms with Crippen molar-refractivity contribution in [1.29, 1.82) is 0 Å². The van der Waals surface area contributed by atoms with Crippen molar-refractivity contribution in [2.45, 2.75) is 13.0 Å². The molecular weight excluding hydrogens is 304 g/mol. The lowest BCUT2D eigenvalue weighted by atomic mass is 10.2. The van der Waals surface area contributed by atoms with Gasteiger partial charge in [0.2, 0.25) is 0 Å². The van der Waals surface area contributed by atoms with Gasteiger partial charge in [-0.15, -0.1) is 0 Å². The molecule has 9 heteroatoms. The van der Waals surface area contributed by atoms with Crippen molar-refractivity contribution >= 4 is 21.7 Å². The largest absolute Gasteiger partial charge is 0.748 e. The molecule has 0 saturated heterocycles. The van der Waals surface area contributed by atoms with Gasteiger partial charge in [0.25, 0.3) is 0 Å². The number of hydrogen-bond donors (Lipinski definition) is 0. The second kappa shape index (κ2) is 6.21. The smallest absolute Gasteiger partial charge is 0.196 e. The first kappa shape index (κ1) is 14.8. The standard InChI is InChI=1S/C11H11ClN4O3S/c12-11-8-13-10(7-14-11)9-2-4-16(15-6-9)3-1-5-20(17,18)19/h2,4,6-8H,1,3,5H2. The van der Waals surface area contributed by atoms with Crippen LogP contribution >= 0.6 is 11.6 Å². The van der Waals surface area contributed by atoms with E-state index in [4.69, 9.17) is 11.6 Å². The molecule has 0 atom stereocenters. The van der Waals surface area contributed by atoms with Crippen molar-refractivity contribution in [3.63, 3.8) is 0 Å². The average Bonchev–Trinajstić information content (AvgIpc) is 2.39. The third-order valence-electron chi connectivity index (χ3n) is 2.47. The molecular formula is C11H11ClN4O3S. The first-order valence-electron chi connectivity index (χ1n) is 5.71. The van der Waals surface area contributed by atoms with E-state index in [9.17, 15) is 13.0 Å². The number of aromatic nitrogens is 4. The first-order valence-corrected chi connectivity index (χ1v) is 7.67. The molecule has 106 valence electrons. The Morgan fingerprint density at radius 2 is 2.05 bits per heavy atom. The maximum absolute atomic E-state index is 10.5. The van der Waals surface area contributed by atoms with Crippen LogP contribution in [0, 0.1) is 0 Å². The van der Waals surface area contributed by atoms with E-state index in [0.29, 0.717) is 17.4 Å². The van der Waals surface area contributed by atoms with Gasteiger partial charge in [-0.3, -0.25) is 4.98 Å². The highest BCUT2D eigenvalue weighted by Gasteiger charge is 2.07. The van der Waals surface area contributed by atoms with Crippen LogP contribution in [-0.2, 0) is 16.7 Å². The van der Waals surface area contributed by atoms with E-state index in [-0.39, 0.29) is 6.42 Å². The minimum absolute atomic E-state index is 0.226. The molecule has 0 spiro atoms. The Bertz CT molecular complexity index is 674.